The fraction of sp³-hybridized carbons (Fsp3) is 0.600. The number of hydrogen-bond acceptors (Lipinski definition) is 5. The van der Waals surface area contributed by atoms with Crippen LogP contribution in [0.4, 0.5) is 4.79 Å². The number of para-hydroxylation sites is 2. The van der Waals surface area contributed by atoms with Gasteiger partial charge in [-0.2, -0.15) is 4.98 Å². The molecule has 1 atom stereocenters. The number of benzene rings is 1. The van der Waals surface area contributed by atoms with E-state index in [-0.39, 0.29) is 12.1 Å². The summed E-state index contributed by atoms with van der Waals surface area (Å²) in [6, 6.07) is 7.81. The zero-order valence-corrected chi connectivity index (χ0v) is 15.9. The largest absolute Gasteiger partial charge is 0.450 e. The number of nitrogens with zero attached hydrogens (tertiary/aromatic N) is 2. The van der Waals surface area contributed by atoms with Crippen LogP contribution < -0.4 is 4.74 Å². The highest BCUT2D eigenvalue weighted by molar-refractivity contribution is 5.72. The van der Waals surface area contributed by atoms with Gasteiger partial charge in [0.1, 0.15) is 11.1 Å². The van der Waals surface area contributed by atoms with Gasteiger partial charge >= 0.3 is 12.2 Å². The predicted octanol–water partition coefficient (Wildman–Crippen LogP) is 4.78. The second-order valence-corrected chi connectivity index (χ2v) is 7.76. The Morgan fingerprint density at radius 3 is 2.88 bits per heavy atom. The van der Waals surface area contributed by atoms with E-state index >= 15 is 0 Å². The molecule has 1 saturated heterocycles. The molecule has 0 aliphatic carbocycles. The van der Waals surface area contributed by atoms with Gasteiger partial charge in [-0.25, -0.2) is 4.79 Å². The van der Waals surface area contributed by atoms with Gasteiger partial charge in [-0.1, -0.05) is 12.1 Å². The van der Waals surface area contributed by atoms with E-state index in [1.165, 1.54) is 0 Å². The number of piperidine rings is 1. The molecule has 0 unspecified atom stereocenters. The highest BCUT2D eigenvalue weighted by atomic mass is 16.6. The van der Waals surface area contributed by atoms with Crippen molar-refractivity contribution in [1.29, 1.82) is 0 Å². The molecule has 6 heteroatoms. The number of hydrogen-bond donors (Lipinski definition) is 0. The van der Waals surface area contributed by atoms with E-state index in [1.807, 2.05) is 49.9 Å². The molecule has 1 aromatic carbocycles. The highest BCUT2D eigenvalue weighted by Gasteiger charge is 2.30. The molecule has 0 bridgehead atoms. The number of ether oxygens (including phenoxy) is 2. The summed E-state index contributed by atoms with van der Waals surface area (Å²) in [6.07, 6.45) is 5.02. The van der Waals surface area contributed by atoms with E-state index in [9.17, 15) is 4.79 Å². The molecular formula is C20H28N2O4. The first kappa shape index (κ1) is 18.5. The van der Waals surface area contributed by atoms with Crippen molar-refractivity contribution in [2.24, 2.45) is 0 Å². The summed E-state index contributed by atoms with van der Waals surface area (Å²) in [5.74, 6) is 0. The van der Waals surface area contributed by atoms with Crippen molar-refractivity contribution in [3.63, 3.8) is 0 Å². The van der Waals surface area contributed by atoms with Crippen molar-refractivity contribution in [3.8, 4) is 6.08 Å². The second kappa shape index (κ2) is 7.98. The minimum Gasteiger partial charge on any atom is -0.450 e. The van der Waals surface area contributed by atoms with Crippen molar-refractivity contribution in [1.82, 2.24) is 9.88 Å². The molecule has 0 saturated carbocycles. The lowest BCUT2D eigenvalue weighted by Crippen LogP contribution is -2.46. The molecule has 6 nitrogen and oxygen atoms in total. The van der Waals surface area contributed by atoms with Crippen LogP contribution in [0.2, 0.25) is 0 Å². The first-order valence-corrected chi connectivity index (χ1v) is 9.40. The normalized spacial score (nSPS) is 18.1. The Morgan fingerprint density at radius 1 is 1.31 bits per heavy atom. The Morgan fingerprint density at radius 2 is 2.12 bits per heavy atom. The smallest absolute Gasteiger partial charge is 0.410 e. The maximum atomic E-state index is 12.4. The summed E-state index contributed by atoms with van der Waals surface area (Å²) in [4.78, 5) is 18.6. The summed E-state index contributed by atoms with van der Waals surface area (Å²) in [5, 5.41) is 0. The molecule has 142 valence electrons. The molecule has 0 N–H and O–H groups in total. The van der Waals surface area contributed by atoms with Gasteiger partial charge in [0.25, 0.3) is 0 Å². The van der Waals surface area contributed by atoms with Crippen molar-refractivity contribution < 1.29 is 18.7 Å². The number of carbonyl (C=O) groups excluding carboxylic acids is 1. The summed E-state index contributed by atoms with van der Waals surface area (Å²) in [7, 11) is 0. The molecule has 2 heterocycles. The lowest BCUT2D eigenvalue weighted by atomic mass is 9.98. The zero-order valence-electron chi connectivity index (χ0n) is 15.9. The van der Waals surface area contributed by atoms with Gasteiger partial charge in [-0.3, -0.25) is 0 Å². The monoisotopic (exact) mass is 360 g/mol. The van der Waals surface area contributed by atoms with Gasteiger partial charge in [-0.05, 0) is 65.0 Å². The predicted molar refractivity (Wildman–Crippen MR) is 99.3 cm³/mol. The van der Waals surface area contributed by atoms with Crippen LogP contribution in [-0.4, -0.2) is 40.8 Å². The van der Waals surface area contributed by atoms with Crippen LogP contribution >= 0.6 is 0 Å². The quantitative estimate of drug-likeness (QED) is 0.718. The first-order valence-electron chi connectivity index (χ1n) is 9.40. The van der Waals surface area contributed by atoms with Crippen molar-refractivity contribution >= 4 is 17.2 Å². The van der Waals surface area contributed by atoms with E-state index < -0.39 is 5.60 Å². The Balaban J connectivity index is 1.48. The molecule has 2 aromatic rings. The second-order valence-electron chi connectivity index (χ2n) is 7.76. The minimum absolute atomic E-state index is 0.206. The van der Waals surface area contributed by atoms with Crippen LogP contribution in [-0.2, 0) is 4.74 Å². The van der Waals surface area contributed by atoms with Crippen LogP contribution in [0.1, 0.15) is 52.9 Å². The Bertz CT molecular complexity index is 702. The molecule has 1 aromatic heterocycles. The molecule has 26 heavy (non-hydrogen) atoms. The Kier molecular flexibility index (Phi) is 5.69. The SMILES string of the molecule is CC(C)(C)OC(=O)N1CCCC[C@@H]1CCCOc1nc2ccccc2o1. The fourth-order valence-corrected chi connectivity index (χ4v) is 3.25. The third kappa shape index (κ3) is 4.90. The summed E-state index contributed by atoms with van der Waals surface area (Å²) >= 11 is 0. The van der Waals surface area contributed by atoms with E-state index in [2.05, 4.69) is 4.98 Å². The fourth-order valence-electron chi connectivity index (χ4n) is 3.25. The average molecular weight is 360 g/mol. The van der Waals surface area contributed by atoms with Crippen molar-refractivity contribution in [3.05, 3.63) is 24.3 Å². The van der Waals surface area contributed by atoms with E-state index in [0.29, 0.717) is 12.7 Å². The molecule has 1 fully saturated rings. The summed E-state index contributed by atoms with van der Waals surface area (Å²) in [5.41, 5.74) is 1.06. The van der Waals surface area contributed by atoms with Crippen LogP contribution in [0, 0.1) is 0 Å². The number of fused-ring (bicyclic) bond motifs is 1. The number of aromatic nitrogens is 1. The van der Waals surface area contributed by atoms with Crippen molar-refractivity contribution in [2.75, 3.05) is 13.2 Å². The molecule has 0 spiro atoms. The number of oxazole rings is 1. The van der Waals surface area contributed by atoms with Crippen LogP contribution in [0.3, 0.4) is 0 Å². The van der Waals surface area contributed by atoms with Crippen LogP contribution in [0.25, 0.3) is 11.1 Å². The average Bonchev–Trinajstić information content (AvgIpc) is 3.00. The number of rotatable bonds is 5. The molecule has 3 rings (SSSR count). The van der Waals surface area contributed by atoms with Crippen LogP contribution in [0.15, 0.2) is 28.7 Å². The Labute approximate surface area is 154 Å². The van der Waals surface area contributed by atoms with Gasteiger partial charge in [-0.15, -0.1) is 0 Å². The molecule has 0 radical (unpaired) electrons. The maximum absolute atomic E-state index is 12.4. The maximum Gasteiger partial charge on any atom is 0.410 e. The van der Waals surface area contributed by atoms with E-state index in [0.717, 1.165) is 49.7 Å². The zero-order chi connectivity index (χ0) is 18.6. The molecule has 1 amide bonds. The lowest BCUT2D eigenvalue weighted by Gasteiger charge is -2.36. The molecular weight excluding hydrogens is 332 g/mol. The highest BCUT2D eigenvalue weighted by Crippen LogP contribution is 2.24. The third-order valence-electron chi connectivity index (χ3n) is 4.44. The van der Waals surface area contributed by atoms with Gasteiger partial charge in [0.05, 0.1) is 6.61 Å². The number of carbonyl (C=O) groups is 1. The van der Waals surface area contributed by atoms with Crippen LogP contribution in [0.5, 0.6) is 6.08 Å². The molecule has 1 aliphatic rings. The lowest BCUT2D eigenvalue weighted by molar-refractivity contribution is 0.00811. The van der Waals surface area contributed by atoms with Crippen molar-refractivity contribution in [2.45, 2.75) is 64.5 Å². The summed E-state index contributed by atoms with van der Waals surface area (Å²) in [6.45, 7) is 6.99. The standard InChI is InChI=1S/C20H28N2O4/c1-20(2,3)26-19(23)22-13-7-6-9-15(22)10-8-14-24-18-21-16-11-4-5-12-17(16)25-18/h4-5,11-12,15H,6-10,13-14H2,1-3H3/t15-/m1/s1. The van der Waals surface area contributed by atoms with E-state index in [4.69, 9.17) is 13.9 Å². The first-order chi connectivity index (χ1) is 12.4. The van der Waals surface area contributed by atoms with Gasteiger partial charge in [0.15, 0.2) is 5.58 Å². The van der Waals surface area contributed by atoms with Gasteiger partial charge < -0.3 is 18.8 Å². The minimum atomic E-state index is -0.463. The van der Waals surface area contributed by atoms with E-state index in [1.54, 1.807) is 0 Å². The summed E-state index contributed by atoms with van der Waals surface area (Å²) < 4.78 is 16.7. The number of likely N-dealkylation sites (tertiary alicyclic amines) is 1. The third-order valence-corrected chi connectivity index (χ3v) is 4.44. The molecule has 1 aliphatic heterocycles. The van der Waals surface area contributed by atoms with Gasteiger partial charge in [0.2, 0.25) is 0 Å². The van der Waals surface area contributed by atoms with Gasteiger partial charge in [0, 0.05) is 12.6 Å². The number of amides is 1. The topological polar surface area (TPSA) is 64.8 Å². The Hall–Kier alpha value is -2.24.